The van der Waals surface area contributed by atoms with Crippen LogP contribution >= 0.6 is 0 Å². The lowest BCUT2D eigenvalue weighted by atomic mass is 10.1. The summed E-state index contributed by atoms with van der Waals surface area (Å²) in [4.78, 5) is 22.3. The van der Waals surface area contributed by atoms with Crippen molar-refractivity contribution in [2.75, 3.05) is 19.5 Å². The van der Waals surface area contributed by atoms with E-state index >= 15 is 0 Å². The van der Waals surface area contributed by atoms with Crippen molar-refractivity contribution < 1.29 is 19.4 Å². The van der Waals surface area contributed by atoms with Gasteiger partial charge in [-0.2, -0.15) is 0 Å². The molecule has 0 aliphatic rings. The molecule has 0 unspecified atom stereocenters. The Morgan fingerprint density at radius 3 is 2.47 bits per heavy atom. The Kier molecular flexibility index (Phi) is 3.41. The van der Waals surface area contributed by atoms with Gasteiger partial charge in [0.05, 0.1) is 12.7 Å². The highest BCUT2D eigenvalue weighted by Crippen LogP contribution is 2.13. The van der Waals surface area contributed by atoms with Crippen molar-refractivity contribution in [2.24, 2.45) is 0 Å². The molecule has 15 heavy (non-hydrogen) atoms. The minimum Gasteiger partial charge on any atom is -0.465 e. The molecular weight excluding hydrogens is 198 g/mol. The lowest BCUT2D eigenvalue weighted by molar-refractivity contribution is 0.0600. The van der Waals surface area contributed by atoms with Crippen LogP contribution in [0.1, 0.15) is 20.7 Å². The van der Waals surface area contributed by atoms with Gasteiger partial charge in [0, 0.05) is 11.3 Å². The standard InChI is InChI=1S/C10H11NO4/c1-15-10(14)7-2-6(9(13)5-12)3-8(11)4-7/h2-4,12H,5,11H2,1H3. The Balaban J connectivity index is 3.16. The van der Waals surface area contributed by atoms with Crippen molar-refractivity contribution in [1.29, 1.82) is 0 Å². The zero-order valence-corrected chi connectivity index (χ0v) is 8.19. The third-order valence-corrected chi connectivity index (χ3v) is 1.84. The summed E-state index contributed by atoms with van der Waals surface area (Å²) in [7, 11) is 1.24. The number of nitrogens with two attached hydrogens (primary N) is 1. The zero-order chi connectivity index (χ0) is 11.4. The number of hydrogen-bond donors (Lipinski definition) is 2. The first-order chi connectivity index (χ1) is 7.08. The molecule has 80 valence electrons. The van der Waals surface area contributed by atoms with Gasteiger partial charge < -0.3 is 15.6 Å². The highest BCUT2D eigenvalue weighted by Gasteiger charge is 2.11. The largest absolute Gasteiger partial charge is 0.465 e. The van der Waals surface area contributed by atoms with Crippen molar-refractivity contribution >= 4 is 17.4 Å². The maximum atomic E-state index is 11.2. The summed E-state index contributed by atoms with van der Waals surface area (Å²) in [6.45, 7) is -0.621. The van der Waals surface area contributed by atoms with Crippen LogP contribution in [0.3, 0.4) is 0 Å². The van der Waals surface area contributed by atoms with E-state index in [4.69, 9.17) is 10.8 Å². The first-order valence-corrected chi connectivity index (χ1v) is 4.21. The fourth-order valence-electron chi connectivity index (χ4n) is 1.14. The molecule has 5 nitrogen and oxygen atoms in total. The molecule has 0 spiro atoms. The summed E-state index contributed by atoms with van der Waals surface area (Å²) in [5.41, 5.74) is 6.16. The number of Topliss-reactive ketones (excluding diaryl/α,β-unsaturated/α-hetero) is 1. The fraction of sp³-hybridized carbons (Fsp3) is 0.200. The lowest BCUT2D eigenvalue weighted by Gasteiger charge is -2.04. The maximum absolute atomic E-state index is 11.2. The second-order valence-electron chi connectivity index (χ2n) is 2.92. The Hall–Kier alpha value is -1.88. The number of benzene rings is 1. The zero-order valence-electron chi connectivity index (χ0n) is 8.19. The van der Waals surface area contributed by atoms with E-state index in [1.54, 1.807) is 0 Å². The Morgan fingerprint density at radius 1 is 1.33 bits per heavy atom. The van der Waals surface area contributed by atoms with Gasteiger partial charge in [-0.3, -0.25) is 4.79 Å². The summed E-state index contributed by atoms with van der Waals surface area (Å²) in [5.74, 6) is -1.07. The van der Waals surface area contributed by atoms with Crippen molar-refractivity contribution in [3.8, 4) is 0 Å². The molecule has 5 heteroatoms. The summed E-state index contributed by atoms with van der Waals surface area (Å²) in [6.07, 6.45) is 0. The first-order valence-electron chi connectivity index (χ1n) is 4.21. The number of hydrogen-bond acceptors (Lipinski definition) is 5. The third kappa shape index (κ3) is 2.54. The molecule has 1 rings (SSSR count). The monoisotopic (exact) mass is 209 g/mol. The van der Waals surface area contributed by atoms with Crippen LogP contribution in [0.25, 0.3) is 0 Å². The predicted octanol–water partition coefficient (Wildman–Crippen LogP) is 0.230. The van der Waals surface area contributed by atoms with Gasteiger partial charge in [-0.15, -0.1) is 0 Å². The first kappa shape index (κ1) is 11.2. The van der Waals surface area contributed by atoms with Crippen LogP contribution in [-0.4, -0.2) is 30.6 Å². The second kappa shape index (κ2) is 4.56. The molecule has 0 saturated heterocycles. The van der Waals surface area contributed by atoms with Gasteiger partial charge in [-0.25, -0.2) is 4.79 Å². The van der Waals surface area contributed by atoms with Crippen molar-refractivity contribution in [2.45, 2.75) is 0 Å². The van der Waals surface area contributed by atoms with Gasteiger partial charge in [0.25, 0.3) is 0 Å². The second-order valence-corrected chi connectivity index (χ2v) is 2.92. The molecule has 0 bridgehead atoms. The van der Waals surface area contributed by atoms with Gasteiger partial charge in [0.15, 0.2) is 5.78 Å². The third-order valence-electron chi connectivity index (χ3n) is 1.84. The normalized spacial score (nSPS) is 9.73. The van der Waals surface area contributed by atoms with Crippen molar-refractivity contribution in [1.82, 2.24) is 0 Å². The van der Waals surface area contributed by atoms with E-state index in [0.29, 0.717) is 0 Å². The topological polar surface area (TPSA) is 89.6 Å². The summed E-state index contributed by atoms with van der Waals surface area (Å²) < 4.78 is 4.49. The van der Waals surface area contributed by atoms with E-state index in [1.165, 1.54) is 25.3 Å². The van der Waals surface area contributed by atoms with E-state index in [2.05, 4.69) is 4.74 Å². The van der Waals surface area contributed by atoms with Crippen LogP contribution in [0, 0.1) is 0 Å². The number of anilines is 1. The van der Waals surface area contributed by atoms with Gasteiger partial charge in [-0.05, 0) is 18.2 Å². The molecule has 0 heterocycles. The Morgan fingerprint density at radius 2 is 1.93 bits per heavy atom. The number of carbonyl (C=O) groups excluding carboxylic acids is 2. The molecule has 0 radical (unpaired) electrons. The molecule has 0 atom stereocenters. The summed E-state index contributed by atoms with van der Waals surface area (Å²) >= 11 is 0. The number of ether oxygens (including phenoxy) is 1. The number of carbonyl (C=O) groups is 2. The van der Waals surface area contributed by atoms with Crippen LogP contribution in [0.15, 0.2) is 18.2 Å². The quantitative estimate of drug-likeness (QED) is 0.422. The van der Waals surface area contributed by atoms with Crippen LogP contribution in [-0.2, 0) is 4.74 Å². The fourth-order valence-corrected chi connectivity index (χ4v) is 1.14. The summed E-state index contributed by atoms with van der Waals surface area (Å²) in [5, 5.41) is 8.66. The van der Waals surface area contributed by atoms with Gasteiger partial charge >= 0.3 is 5.97 Å². The average Bonchev–Trinajstić information content (AvgIpc) is 2.26. The van der Waals surface area contributed by atoms with E-state index in [-0.39, 0.29) is 16.8 Å². The number of ketones is 1. The minimum absolute atomic E-state index is 0.189. The number of esters is 1. The highest BCUT2D eigenvalue weighted by molar-refractivity contribution is 6.00. The highest BCUT2D eigenvalue weighted by atomic mass is 16.5. The average molecular weight is 209 g/mol. The molecular formula is C10H11NO4. The predicted molar refractivity (Wildman–Crippen MR) is 53.6 cm³/mol. The Labute approximate surface area is 86.5 Å². The molecule has 1 aromatic rings. The number of nitrogen functional groups attached to an aromatic ring is 1. The molecule has 3 N–H and O–H groups in total. The van der Waals surface area contributed by atoms with E-state index in [1.807, 2.05) is 0 Å². The number of aliphatic hydroxyl groups is 1. The molecule has 0 aliphatic heterocycles. The summed E-state index contributed by atoms with van der Waals surface area (Å²) in [6, 6.07) is 4.13. The van der Waals surface area contributed by atoms with Crippen LogP contribution in [0.2, 0.25) is 0 Å². The number of aliphatic hydroxyl groups excluding tert-OH is 1. The van der Waals surface area contributed by atoms with Crippen molar-refractivity contribution in [3.05, 3.63) is 29.3 Å². The molecule has 0 saturated carbocycles. The van der Waals surface area contributed by atoms with Crippen LogP contribution in [0.4, 0.5) is 5.69 Å². The van der Waals surface area contributed by atoms with Gasteiger partial charge in [-0.1, -0.05) is 0 Å². The van der Waals surface area contributed by atoms with E-state index in [9.17, 15) is 9.59 Å². The maximum Gasteiger partial charge on any atom is 0.337 e. The molecule has 0 aliphatic carbocycles. The SMILES string of the molecule is COC(=O)c1cc(N)cc(C(=O)CO)c1. The van der Waals surface area contributed by atoms with Gasteiger partial charge in [0.1, 0.15) is 6.61 Å². The van der Waals surface area contributed by atoms with E-state index < -0.39 is 18.4 Å². The molecule has 1 aromatic carbocycles. The van der Waals surface area contributed by atoms with Gasteiger partial charge in [0.2, 0.25) is 0 Å². The molecule has 0 aromatic heterocycles. The van der Waals surface area contributed by atoms with Crippen LogP contribution in [0.5, 0.6) is 0 Å². The number of methoxy groups -OCH3 is 1. The van der Waals surface area contributed by atoms with Crippen LogP contribution < -0.4 is 5.73 Å². The van der Waals surface area contributed by atoms with E-state index in [0.717, 1.165) is 0 Å². The lowest BCUT2D eigenvalue weighted by Crippen LogP contribution is -2.09. The molecule has 0 amide bonds. The minimum atomic E-state index is -0.621. The van der Waals surface area contributed by atoms with Crippen molar-refractivity contribution in [3.63, 3.8) is 0 Å². The Bertz CT molecular complexity index is 366. The number of rotatable bonds is 3. The smallest absolute Gasteiger partial charge is 0.337 e. The molecule has 0 fully saturated rings.